The Hall–Kier alpha value is -3.42. The molecule has 12 nitrogen and oxygen atoms in total. The number of nitrogens with zero attached hydrogens (tertiary/aromatic N) is 1. The van der Waals surface area contributed by atoms with E-state index in [9.17, 15) is 34.2 Å². The van der Waals surface area contributed by atoms with Crippen LogP contribution in [0, 0.1) is 0 Å². The molecule has 0 spiro atoms. The van der Waals surface area contributed by atoms with Crippen molar-refractivity contribution in [2.24, 2.45) is 5.73 Å². The van der Waals surface area contributed by atoms with Gasteiger partial charge in [0, 0.05) is 12.2 Å². The van der Waals surface area contributed by atoms with Crippen molar-refractivity contribution in [2.45, 2.75) is 95.4 Å². The molecule has 0 aliphatic rings. The number of aliphatic hydroxyl groups excluding tert-OH is 1. The number of carboxylic acids is 3. The molecule has 2 amide bonds. The fraction of sp³-hybridized carbons (Fsp3) is 0.567. The molecular formula is C30H47N3O9S. The number of hydrogen-bond donors (Lipinski definition) is 7. The van der Waals surface area contributed by atoms with Crippen LogP contribution in [-0.2, 0) is 24.0 Å². The van der Waals surface area contributed by atoms with Gasteiger partial charge in [-0.3, -0.25) is 19.2 Å². The number of amides is 2. The molecule has 0 aromatic heterocycles. The second-order valence-corrected chi connectivity index (χ2v) is 10.3. The Morgan fingerprint density at radius 2 is 1.58 bits per heavy atom. The normalized spacial score (nSPS) is 14.7. The van der Waals surface area contributed by atoms with E-state index in [1.54, 1.807) is 36.5 Å². The van der Waals surface area contributed by atoms with Gasteiger partial charge in [0.05, 0.1) is 6.04 Å². The molecule has 0 aliphatic heterocycles. The van der Waals surface area contributed by atoms with Crippen LogP contribution in [0.15, 0.2) is 48.6 Å². The number of unbranched alkanes of at least 4 members (excludes halogenated alkanes) is 3. The van der Waals surface area contributed by atoms with Crippen LogP contribution in [0.1, 0.15) is 71.1 Å². The summed E-state index contributed by atoms with van der Waals surface area (Å²) in [4.78, 5) is 60.2. The molecule has 0 aromatic carbocycles. The lowest BCUT2D eigenvalue weighted by Gasteiger charge is -2.32. The van der Waals surface area contributed by atoms with E-state index in [0.29, 0.717) is 19.3 Å². The highest BCUT2D eigenvalue weighted by molar-refractivity contribution is 7.80. The quantitative estimate of drug-likeness (QED) is 0.0361. The van der Waals surface area contributed by atoms with Crippen LogP contribution in [0.5, 0.6) is 0 Å². The summed E-state index contributed by atoms with van der Waals surface area (Å²) in [5, 5.41) is 38.9. The zero-order valence-corrected chi connectivity index (χ0v) is 25.6. The first-order valence-electron chi connectivity index (χ1n) is 14.4. The van der Waals surface area contributed by atoms with Crippen LogP contribution < -0.4 is 11.1 Å². The maximum absolute atomic E-state index is 13.4. The molecule has 0 aliphatic carbocycles. The molecule has 4 atom stereocenters. The zero-order valence-electron chi connectivity index (χ0n) is 24.7. The highest BCUT2D eigenvalue weighted by atomic mass is 32.1. The van der Waals surface area contributed by atoms with Crippen molar-refractivity contribution in [3.63, 3.8) is 0 Å². The Morgan fingerprint density at radius 3 is 2.19 bits per heavy atom. The highest BCUT2D eigenvalue weighted by Crippen LogP contribution is 2.15. The standard InChI is InChI=1S/C30H47N3O9S/c1-2-3-4-12-15-22(16-13-10-8-6-5-7-9-11-14-17-25(34)30(41)42)33(20-27(36)37)28(38)24(21-43)32-26(35)19-18-23(31)29(39)40/h5-6,8-11,13,16,22-25,34,43H,2-4,7,12,14-15,17-21,31H2,1H3,(H,32,35)(H,36,37)(H,39,40)(H,41,42)/t22-,23?,24-,25?/m1/s1. The Labute approximate surface area is 258 Å². The topological polar surface area (TPSA) is 208 Å². The first kappa shape index (κ1) is 39.6. The maximum Gasteiger partial charge on any atom is 0.332 e. The molecule has 0 fully saturated rings. The number of hydrogen-bond acceptors (Lipinski definition) is 8. The molecule has 13 heteroatoms. The van der Waals surface area contributed by atoms with E-state index in [-0.39, 0.29) is 25.0 Å². The van der Waals surface area contributed by atoms with Crippen LogP contribution >= 0.6 is 12.6 Å². The van der Waals surface area contributed by atoms with Crippen LogP contribution in [0.3, 0.4) is 0 Å². The van der Waals surface area contributed by atoms with E-state index >= 15 is 0 Å². The average molecular weight is 626 g/mol. The van der Waals surface area contributed by atoms with Gasteiger partial charge in [-0.15, -0.1) is 0 Å². The molecule has 7 N–H and O–H groups in total. The number of aliphatic hydroxyl groups is 1. The summed E-state index contributed by atoms with van der Waals surface area (Å²) in [6.45, 7) is 1.49. The van der Waals surface area contributed by atoms with E-state index in [1.165, 1.54) is 4.90 Å². The molecule has 0 radical (unpaired) electrons. The predicted octanol–water partition coefficient (Wildman–Crippen LogP) is 2.69. The third-order valence-corrected chi connectivity index (χ3v) is 6.66. The van der Waals surface area contributed by atoms with Crippen molar-refractivity contribution in [1.82, 2.24) is 10.2 Å². The first-order chi connectivity index (χ1) is 20.4. The summed E-state index contributed by atoms with van der Waals surface area (Å²) in [7, 11) is 0. The van der Waals surface area contributed by atoms with E-state index in [2.05, 4.69) is 24.9 Å². The summed E-state index contributed by atoms with van der Waals surface area (Å²) in [5.41, 5.74) is 5.45. The number of carboxylic acid groups (broad SMARTS) is 3. The minimum Gasteiger partial charge on any atom is -0.480 e. The highest BCUT2D eigenvalue weighted by Gasteiger charge is 2.30. The van der Waals surface area contributed by atoms with Crippen molar-refractivity contribution in [3.8, 4) is 0 Å². The van der Waals surface area contributed by atoms with Crippen molar-refractivity contribution >= 4 is 42.4 Å². The van der Waals surface area contributed by atoms with Gasteiger partial charge < -0.3 is 36.4 Å². The zero-order chi connectivity index (χ0) is 32.6. The summed E-state index contributed by atoms with van der Waals surface area (Å²) in [6.07, 6.45) is 18.0. The van der Waals surface area contributed by atoms with Crippen molar-refractivity contribution in [3.05, 3.63) is 48.6 Å². The fourth-order valence-corrected chi connectivity index (χ4v) is 4.10. The smallest absolute Gasteiger partial charge is 0.332 e. The Morgan fingerprint density at radius 1 is 0.884 bits per heavy atom. The largest absolute Gasteiger partial charge is 0.480 e. The monoisotopic (exact) mass is 625 g/mol. The third-order valence-electron chi connectivity index (χ3n) is 6.29. The van der Waals surface area contributed by atoms with Crippen molar-refractivity contribution in [2.75, 3.05) is 12.3 Å². The molecule has 0 bridgehead atoms. The van der Waals surface area contributed by atoms with E-state index in [4.69, 9.17) is 15.9 Å². The van der Waals surface area contributed by atoms with Gasteiger partial charge in [-0.05, 0) is 32.1 Å². The number of carbonyl (C=O) groups excluding carboxylic acids is 2. The van der Waals surface area contributed by atoms with Gasteiger partial charge in [-0.25, -0.2) is 4.79 Å². The Bertz CT molecular complexity index is 997. The van der Waals surface area contributed by atoms with E-state index < -0.39 is 60.5 Å². The van der Waals surface area contributed by atoms with Gasteiger partial charge in [0.1, 0.15) is 18.6 Å². The third kappa shape index (κ3) is 19.4. The number of rotatable bonds is 24. The van der Waals surface area contributed by atoms with Gasteiger partial charge in [-0.1, -0.05) is 81.2 Å². The van der Waals surface area contributed by atoms with Crippen LogP contribution in [0.2, 0.25) is 0 Å². The minimum atomic E-state index is -1.37. The minimum absolute atomic E-state index is 0.0861. The summed E-state index contributed by atoms with van der Waals surface area (Å²) in [5.74, 6) is -4.97. The second kappa shape index (κ2) is 24.1. The number of nitrogens with two attached hydrogens (primary N) is 1. The van der Waals surface area contributed by atoms with Gasteiger partial charge in [0.15, 0.2) is 6.10 Å². The number of allylic oxidation sites excluding steroid dienone is 7. The number of nitrogens with one attached hydrogen (secondary N) is 1. The molecule has 0 saturated carbocycles. The molecule has 0 rings (SSSR count). The Balaban J connectivity index is 5.45. The lowest BCUT2D eigenvalue weighted by Crippen LogP contribution is -2.54. The van der Waals surface area contributed by atoms with Crippen LogP contribution in [-0.4, -0.2) is 91.6 Å². The van der Waals surface area contributed by atoms with E-state index in [1.807, 2.05) is 12.2 Å². The summed E-state index contributed by atoms with van der Waals surface area (Å²) < 4.78 is 0. The molecule has 0 aromatic rings. The molecule has 242 valence electrons. The summed E-state index contributed by atoms with van der Waals surface area (Å²) >= 11 is 4.18. The number of aliphatic carboxylic acids is 3. The SMILES string of the molecule is CCCCCC[C@H](C=CC=CC=CCC=CCCC(O)C(=O)O)N(CC(=O)O)C(=O)[C@@H](CS)NC(=O)CCC(N)C(=O)O. The van der Waals surface area contributed by atoms with Gasteiger partial charge in [-0.2, -0.15) is 12.6 Å². The van der Waals surface area contributed by atoms with Gasteiger partial charge in [0.2, 0.25) is 11.8 Å². The second-order valence-electron chi connectivity index (χ2n) is 9.90. The van der Waals surface area contributed by atoms with Gasteiger partial charge >= 0.3 is 17.9 Å². The first-order valence-corrected chi connectivity index (χ1v) is 15.0. The van der Waals surface area contributed by atoms with Gasteiger partial charge in [0.25, 0.3) is 0 Å². The number of carbonyl (C=O) groups is 5. The van der Waals surface area contributed by atoms with E-state index in [0.717, 1.165) is 25.7 Å². The van der Waals surface area contributed by atoms with Crippen molar-refractivity contribution in [1.29, 1.82) is 0 Å². The lowest BCUT2D eigenvalue weighted by molar-refractivity contribution is -0.147. The van der Waals surface area contributed by atoms with Crippen LogP contribution in [0.25, 0.3) is 0 Å². The molecule has 43 heavy (non-hydrogen) atoms. The fourth-order valence-electron chi connectivity index (χ4n) is 3.85. The summed E-state index contributed by atoms with van der Waals surface area (Å²) in [6, 6.07) is -2.89. The van der Waals surface area contributed by atoms with Crippen LogP contribution in [0.4, 0.5) is 0 Å². The molecule has 0 heterocycles. The van der Waals surface area contributed by atoms with Crippen molar-refractivity contribution < 1.29 is 44.4 Å². The lowest BCUT2D eigenvalue weighted by atomic mass is 10.0. The average Bonchev–Trinajstić information content (AvgIpc) is 2.96. The molecule has 2 unspecified atom stereocenters. The molecule has 0 saturated heterocycles. The molecular weight excluding hydrogens is 578 g/mol. The Kier molecular flexibility index (Phi) is 22.2. The predicted molar refractivity (Wildman–Crippen MR) is 167 cm³/mol. The maximum atomic E-state index is 13.4. The number of thiol groups is 1.